The van der Waals surface area contributed by atoms with E-state index in [9.17, 15) is 9.18 Å². The van der Waals surface area contributed by atoms with E-state index in [1.807, 2.05) is 100 Å². The Hall–Kier alpha value is -4.35. The molecule has 0 bridgehead atoms. The molecule has 8 nitrogen and oxygen atoms in total. The molecular formula is C49H62F2N2O6. The largest absolute Gasteiger partial charge is 0.493 e. The summed E-state index contributed by atoms with van der Waals surface area (Å²) in [7, 11) is 0. The number of benzene rings is 4. The molecule has 59 heavy (non-hydrogen) atoms. The van der Waals surface area contributed by atoms with E-state index in [4.69, 9.17) is 23.7 Å². The van der Waals surface area contributed by atoms with Crippen LogP contribution in [0.2, 0.25) is 0 Å². The van der Waals surface area contributed by atoms with Gasteiger partial charge in [-0.05, 0) is 80.8 Å². The topological polar surface area (TPSA) is 69.7 Å². The molecule has 4 aromatic rings. The number of hydrogen-bond acceptors (Lipinski definition) is 7. The van der Waals surface area contributed by atoms with Crippen molar-refractivity contribution in [3.63, 3.8) is 0 Å². The number of alkyl halides is 1. The van der Waals surface area contributed by atoms with Gasteiger partial charge in [-0.2, -0.15) is 0 Å². The molecule has 0 N–H and O–H groups in total. The smallest absolute Gasteiger partial charge is 0.410 e. The van der Waals surface area contributed by atoms with Gasteiger partial charge in [-0.25, -0.2) is 9.18 Å². The van der Waals surface area contributed by atoms with E-state index in [0.29, 0.717) is 31.9 Å². The summed E-state index contributed by atoms with van der Waals surface area (Å²) in [5, 5.41) is 0. The lowest BCUT2D eigenvalue weighted by Crippen LogP contribution is -2.63. The second-order valence-electron chi connectivity index (χ2n) is 17.2. The number of ether oxygens (including phenoxy) is 5. The van der Waals surface area contributed by atoms with E-state index in [1.165, 1.54) is 6.07 Å². The Morgan fingerprint density at radius 1 is 0.881 bits per heavy atom. The quantitative estimate of drug-likeness (QED) is 0.0934. The number of rotatable bonds is 19. The maximum absolute atomic E-state index is 15.5. The fraction of sp³-hybridized carbons (Fsp3) is 0.490. The molecular weight excluding hydrogens is 751 g/mol. The zero-order valence-corrected chi connectivity index (χ0v) is 35.2. The van der Waals surface area contributed by atoms with Gasteiger partial charge in [-0.15, -0.1) is 0 Å². The molecule has 10 heteroatoms. The molecule has 1 amide bonds. The third kappa shape index (κ3) is 13.1. The van der Waals surface area contributed by atoms with Crippen molar-refractivity contribution in [1.82, 2.24) is 9.80 Å². The van der Waals surface area contributed by atoms with E-state index in [1.54, 1.807) is 11.0 Å². The van der Waals surface area contributed by atoms with Gasteiger partial charge in [0, 0.05) is 30.6 Å². The molecule has 1 saturated heterocycles. The molecule has 0 spiro atoms. The Kier molecular flexibility index (Phi) is 15.9. The number of carbonyl (C=O) groups excluding carboxylic acids is 1. The Labute approximate surface area is 349 Å². The van der Waals surface area contributed by atoms with Crippen LogP contribution in [0.1, 0.15) is 82.1 Å². The number of morpholine rings is 1. The minimum absolute atomic E-state index is 0.0617. The molecule has 1 aliphatic carbocycles. The molecule has 4 atom stereocenters. The predicted molar refractivity (Wildman–Crippen MR) is 226 cm³/mol. The maximum atomic E-state index is 15.5. The van der Waals surface area contributed by atoms with Crippen LogP contribution in [-0.4, -0.2) is 79.0 Å². The van der Waals surface area contributed by atoms with Gasteiger partial charge in [0.25, 0.3) is 0 Å². The summed E-state index contributed by atoms with van der Waals surface area (Å²) >= 11 is 0. The van der Waals surface area contributed by atoms with Crippen LogP contribution in [0.15, 0.2) is 109 Å². The highest BCUT2D eigenvalue weighted by Gasteiger charge is 2.45. The second-order valence-corrected chi connectivity index (χ2v) is 17.2. The van der Waals surface area contributed by atoms with Crippen LogP contribution in [-0.2, 0) is 45.1 Å². The van der Waals surface area contributed by atoms with E-state index in [2.05, 4.69) is 29.2 Å². The minimum Gasteiger partial charge on any atom is -0.493 e. The highest BCUT2D eigenvalue weighted by molar-refractivity contribution is 5.69. The first-order valence-corrected chi connectivity index (χ1v) is 21.2. The summed E-state index contributed by atoms with van der Waals surface area (Å²) in [6.07, 6.45) is 2.59. The summed E-state index contributed by atoms with van der Waals surface area (Å²) in [6.45, 7) is 9.21. The first kappa shape index (κ1) is 44.2. The maximum Gasteiger partial charge on any atom is 0.410 e. The number of hydrogen-bond donors (Lipinski definition) is 0. The van der Waals surface area contributed by atoms with Crippen LogP contribution in [0.5, 0.6) is 5.75 Å². The first-order chi connectivity index (χ1) is 28.5. The molecule has 6 rings (SSSR count). The summed E-state index contributed by atoms with van der Waals surface area (Å²) < 4.78 is 61.9. The van der Waals surface area contributed by atoms with Gasteiger partial charge >= 0.3 is 6.09 Å². The SMILES string of the molecule is CCCOc1cc(F)cc(C[C@@H]([C@H](OCc2ccccc2)[C@H]2CO[C@@H](OCC3(CF)CCCC3)CN2C(=O)OC(C)(C)C)N(Cc2ccccc2)Cc2ccccc2)c1. The lowest BCUT2D eigenvalue weighted by atomic mass is 9.89. The van der Waals surface area contributed by atoms with Crippen molar-refractivity contribution >= 4 is 6.09 Å². The Bertz CT molecular complexity index is 1810. The van der Waals surface area contributed by atoms with Crippen LogP contribution in [0.4, 0.5) is 13.6 Å². The number of amides is 1. The van der Waals surface area contributed by atoms with Gasteiger partial charge in [-0.1, -0.05) is 111 Å². The van der Waals surface area contributed by atoms with Crippen LogP contribution in [0, 0.1) is 11.2 Å². The van der Waals surface area contributed by atoms with E-state index in [0.717, 1.165) is 54.4 Å². The molecule has 1 saturated carbocycles. The van der Waals surface area contributed by atoms with Crippen molar-refractivity contribution in [2.75, 3.05) is 33.0 Å². The third-order valence-corrected chi connectivity index (χ3v) is 11.2. The van der Waals surface area contributed by atoms with E-state index < -0.39 is 54.1 Å². The molecule has 0 radical (unpaired) electrons. The zero-order chi connectivity index (χ0) is 41.7. The number of nitrogens with zero attached hydrogens (tertiary/aromatic N) is 2. The van der Waals surface area contributed by atoms with Crippen molar-refractivity contribution in [3.05, 3.63) is 137 Å². The fourth-order valence-corrected chi connectivity index (χ4v) is 8.17. The highest BCUT2D eigenvalue weighted by atomic mass is 19.1. The van der Waals surface area contributed by atoms with Crippen molar-refractivity contribution in [2.24, 2.45) is 5.41 Å². The monoisotopic (exact) mass is 812 g/mol. The number of halogens is 2. The molecule has 0 unspecified atom stereocenters. The summed E-state index contributed by atoms with van der Waals surface area (Å²) in [4.78, 5) is 18.5. The van der Waals surface area contributed by atoms with E-state index >= 15 is 4.39 Å². The molecule has 2 aliphatic rings. The molecule has 2 fully saturated rings. The summed E-state index contributed by atoms with van der Waals surface area (Å²) in [5.41, 5.74) is 2.55. The van der Waals surface area contributed by atoms with Crippen LogP contribution in [0.3, 0.4) is 0 Å². The van der Waals surface area contributed by atoms with Gasteiger partial charge in [0.1, 0.15) is 17.2 Å². The van der Waals surface area contributed by atoms with Gasteiger partial charge in [0.05, 0.1) is 51.8 Å². The predicted octanol–water partition coefficient (Wildman–Crippen LogP) is 10.3. The molecule has 318 valence electrons. The lowest BCUT2D eigenvalue weighted by Gasteiger charge is -2.47. The second kappa shape index (κ2) is 21.3. The van der Waals surface area contributed by atoms with Crippen molar-refractivity contribution < 1.29 is 37.3 Å². The third-order valence-electron chi connectivity index (χ3n) is 11.2. The van der Waals surface area contributed by atoms with Crippen molar-refractivity contribution in [2.45, 2.75) is 116 Å². The number of carbonyl (C=O) groups is 1. The molecule has 0 aromatic heterocycles. The molecule has 1 aliphatic heterocycles. The Morgan fingerprint density at radius 3 is 2.07 bits per heavy atom. The van der Waals surface area contributed by atoms with E-state index in [-0.39, 0.29) is 26.4 Å². The highest BCUT2D eigenvalue weighted by Crippen LogP contribution is 2.39. The Morgan fingerprint density at radius 2 is 1.49 bits per heavy atom. The van der Waals surface area contributed by atoms with Crippen molar-refractivity contribution in [1.29, 1.82) is 0 Å². The first-order valence-electron chi connectivity index (χ1n) is 21.2. The molecule has 1 heterocycles. The van der Waals surface area contributed by atoms with Gasteiger partial charge in [-0.3, -0.25) is 14.2 Å². The zero-order valence-electron chi connectivity index (χ0n) is 35.2. The lowest BCUT2D eigenvalue weighted by molar-refractivity contribution is -0.221. The normalized spacial score (nSPS) is 19.1. The van der Waals surface area contributed by atoms with Crippen LogP contribution >= 0.6 is 0 Å². The van der Waals surface area contributed by atoms with Gasteiger partial charge in [0.15, 0.2) is 6.29 Å². The minimum atomic E-state index is -0.790. The summed E-state index contributed by atoms with van der Waals surface area (Å²) in [5.74, 6) is 0.0705. The van der Waals surface area contributed by atoms with Crippen molar-refractivity contribution in [3.8, 4) is 5.75 Å². The fourth-order valence-electron chi connectivity index (χ4n) is 8.17. The average molecular weight is 813 g/mol. The Balaban J connectivity index is 1.44. The van der Waals surface area contributed by atoms with Gasteiger partial charge < -0.3 is 23.7 Å². The average Bonchev–Trinajstić information content (AvgIpc) is 3.71. The van der Waals surface area contributed by atoms with Gasteiger partial charge in [0.2, 0.25) is 0 Å². The van der Waals surface area contributed by atoms with Crippen LogP contribution < -0.4 is 4.74 Å². The molecule has 4 aromatic carbocycles. The standard InChI is InChI=1S/C49H62F2N2O6/c1-5-25-55-42-27-40(26-41(51)29-42)28-43(52(30-37-17-9-6-10-18-37)31-38-19-11-7-12-20-38)46(57-33-39-21-13-8-14-22-39)44-34-56-45(32-53(44)47(54)59-48(2,3)4)58-36-49(35-50)23-15-16-24-49/h6-14,17-22,26-27,29,43-46H,5,15-16,23-25,28,30-36H2,1-4H3/t43-,44+,45-,46-/m0/s1. The summed E-state index contributed by atoms with van der Waals surface area (Å²) in [6, 6.07) is 34.2. The van der Waals surface area contributed by atoms with Crippen LogP contribution in [0.25, 0.3) is 0 Å².